The van der Waals surface area contributed by atoms with Crippen LogP contribution in [0.15, 0.2) is 115 Å². The lowest BCUT2D eigenvalue weighted by atomic mass is 9.75. The third-order valence-corrected chi connectivity index (χ3v) is 16.4. The first-order valence-corrected chi connectivity index (χ1v) is 23.9. The van der Waals surface area contributed by atoms with Crippen molar-refractivity contribution in [2.45, 2.75) is 150 Å². The fraction of sp³-hybridized carbons (Fsp3) is 0.436. The maximum absolute atomic E-state index is 4.18. The summed E-state index contributed by atoms with van der Waals surface area (Å²) in [5.74, 6) is 0. The molecule has 0 fully saturated rings. The summed E-state index contributed by atoms with van der Waals surface area (Å²) in [7, 11) is 0.493. The van der Waals surface area contributed by atoms with Gasteiger partial charge in [-0.25, -0.2) is 0 Å². The van der Waals surface area contributed by atoms with E-state index in [9.17, 15) is 0 Å². The minimum absolute atomic E-state index is 0.00487. The fourth-order valence-electron chi connectivity index (χ4n) is 8.31. The zero-order valence-corrected chi connectivity index (χ0v) is 40.7. The highest BCUT2D eigenvalue weighted by Gasteiger charge is 2.43. The Morgan fingerprint density at radius 1 is 0.586 bits per heavy atom. The SMILES string of the molecule is CC(C)(C)c1cc(C(C)(C)C)c(P=C(C2=CC=CC(=C(c3ccccc3)P3CC(C)(C)c4cc(C(C)(C)C)cc(C(C)(C)C)c43)N2)c2ccccc2)c(C(C)(C)C)c1. The van der Waals surface area contributed by atoms with Gasteiger partial charge in [-0.1, -0.05) is 217 Å². The van der Waals surface area contributed by atoms with Crippen LogP contribution in [0.2, 0.25) is 0 Å². The third-order valence-electron chi connectivity index (χ3n) is 11.8. The van der Waals surface area contributed by atoms with Crippen LogP contribution >= 0.6 is 16.1 Å². The van der Waals surface area contributed by atoms with Crippen molar-refractivity contribution in [3.63, 3.8) is 0 Å². The van der Waals surface area contributed by atoms with Crippen LogP contribution in [0.4, 0.5) is 0 Å². The molecule has 2 aliphatic heterocycles. The summed E-state index contributed by atoms with van der Waals surface area (Å²) in [4.78, 5) is 0. The van der Waals surface area contributed by atoms with Crippen molar-refractivity contribution < 1.29 is 0 Å². The summed E-state index contributed by atoms with van der Waals surface area (Å²) in [6.07, 6.45) is 8.08. The van der Waals surface area contributed by atoms with Gasteiger partial charge in [0.05, 0.1) is 5.70 Å². The Labute approximate surface area is 356 Å². The lowest BCUT2D eigenvalue weighted by molar-refractivity contribution is 0.554. The maximum Gasteiger partial charge on any atom is 0.0510 e. The van der Waals surface area contributed by atoms with Gasteiger partial charge in [-0.3, -0.25) is 0 Å². The summed E-state index contributed by atoms with van der Waals surface area (Å²) in [5.41, 5.74) is 13.8. The molecule has 306 valence electrons. The van der Waals surface area contributed by atoms with Crippen molar-refractivity contribution in [1.29, 1.82) is 0 Å². The van der Waals surface area contributed by atoms with Gasteiger partial charge in [-0.2, -0.15) is 0 Å². The van der Waals surface area contributed by atoms with Crippen LogP contribution in [0.1, 0.15) is 162 Å². The van der Waals surface area contributed by atoms with Crippen LogP contribution in [-0.4, -0.2) is 11.5 Å². The average molecular weight is 808 g/mol. The molecule has 2 aliphatic rings. The fourth-order valence-corrected chi connectivity index (χ4v) is 13.8. The zero-order chi connectivity index (χ0) is 42.8. The molecule has 1 atom stereocenters. The molecule has 58 heavy (non-hydrogen) atoms. The molecule has 1 nitrogen and oxygen atoms in total. The normalized spacial score (nSPS) is 18.5. The number of benzene rings is 4. The second kappa shape index (κ2) is 15.5. The molecule has 2 heterocycles. The molecule has 0 aliphatic carbocycles. The lowest BCUT2D eigenvalue weighted by Crippen LogP contribution is -2.31. The number of nitrogens with one attached hydrogen (secondary N) is 1. The van der Waals surface area contributed by atoms with Crippen LogP contribution in [0.5, 0.6) is 0 Å². The standard InChI is InChI=1S/C55H71NP2/c1-50(2,3)38-31-40(52(7,8)9)47(41(32-38)53(10,11)12)57-46(36-25-20-18-21-26-36)44-29-24-30-45(56-44)48(37-27-22-19-23-28-37)58-35-55(16,17)43-34-39(51(4,5)6)33-42(49(43)58)54(13,14)15/h18-34,56H,35H2,1-17H3. The van der Waals surface area contributed by atoms with Crippen molar-refractivity contribution in [3.05, 3.63) is 159 Å². The minimum atomic E-state index is -0.714. The molecule has 3 heteroatoms. The van der Waals surface area contributed by atoms with Crippen LogP contribution in [0.3, 0.4) is 0 Å². The molecule has 4 aromatic rings. The molecule has 1 N–H and O–H groups in total. The maximum atomic E-state index is 4.18. The molecule has 0 saturated heterocycles. The molecular formula is C55H71NP2. The molecule has 0 aromatic heterocycles. The van der Waals surface area contributed by atoms with Crippen molar-refractivity contribution in [3.8, 4) is 0 Å². The predicted molar refractivity (Wildman–Crippen MR) is 262 cm³/mol. The first kappa shape index (κ1) is 44.1. The molecule has 4 aromatic carbocycles. The molecule has 6 rings (SSSR count). The topological polar surface area (TPSA) is 12.0 Å². The average Bonchev–Trinajstić information content (AvgIpc) is 3.38. The first-order chi connectivity index (χ1) is 26.7. The predicted octanol–water partition coefficient (Wildman–Crippen LogP) is 14.5. The molecule has 0 spiro atoms. The van der Waals surface area contributed by atoms with Crippen LogP contribution in [0.25, 0.3) is 5.31 Å². The highest BCUT2D eigenvalue weighted by atomic mass is 31.1. The molecule has 0 saturated carbocycles. The second-order valence-corrected chi connectivity index (χ2v) is 25.8. The molecule has 0 radical (unpaired) electrons. The van der Waals surface area contributed by atoms with Gasteiger partial charge in [-0.15, -0.1) is 0 Å². The monoisotopic (exact) mass is 808 g/mol. The van der Waals surface area contributed by atoms with Gasteiger partial charge in [0.1, 0.15) is 0 Å². The van der Waals surface area contributed by atoms with E-state index >= 15 is 0 Å². The van der Waals surface area contributed by atoms with E-state index in [0.717, 1.165) is 6.16 Å². The third kappa shape index (κ3) is 9.13. The highest BCUT2D eigenvalue weighted by molar-refractivity contribution is 7.76. The number of hydrogen-bond acceptors (Lipinski definition) is 1. The zero-order valence-electron chi connectivity index (χ0n) is 38.9. The quantitative estimate of drug-likeness (QED) is 0.198. The van der Waals surface area contributed by atoms with E-state index in [1.54, 1.807) is 10.9 Å². The van der Waals surface area contributed by atoms with Gasteiger partial charge in [-0.05, 0) is 109 Å². The Morgan fingerprint density at radius 2 is 1.05 bits per heavy atom. The van der Waals surface area contributed by atoms with Crippen LogP contribution in [0, 0.1) is 0 Å². The Balaban J connectivity index is 1.63. The summed E-state index contributed by atoms with van der Waals surface area (Å²) < 4.78 is 0. The van der Waals surface area contributed by atoms with Crippen molar-refractivity contribution in [2.24, 2.45) is 0 Å². The number of fused-ring (bicyclic) bond motifs is 1. The van der Waals surface area contributed by atoms with Crippen LogP contribution < -0.4 is 15.9 Å². The first-order valence-electron chi connectivity index (χ1n) is 21.4. The van der Waals surface area contributed by atoms with Crippen molar-refractivity contribution >= 4 is 37.3 Å². The molecule has 0 bridgehead atoms. The minimum Gasteiger partial charge on any atom is -0.354 e. The molecule has 1 unspecified atom stereocenters. The Morgan fingerprint density at radius 3 is 1.53 bits per heavy atom. The van der Waals surface area contributed by atoms with E-state index in [-0.39, 0.29) is 32.5 Å². The Kier molecular flexibility index (Phi) is 11.8. The van der Waals surface area contributed by atoms with Crippen molar-refractivity contribution in [2.75, 3.05) is 6.16 Å². The van der Waals surface area contributed by atoms with Gasteiger partial charge in [0.25, 0.3) is 0 Å². The summed E-state index contributed by atoms with van der Waals surface area (Å²) in [6.45, 7) is 40.6. The van der Waals surface area contributed by atoms with E-state index in [0.29, 0.717) is 0 Å². The van der Waals surface area contributed by atoms with Crippen molar-refractivity contribution in [1.82, 2.24) is 5.32 Å². The Bertz CT molecular complexity index is 2260. The number of rotatable bonds is 5. The van der Waals surface area contributed by atoms with Gasteiger partial charge >= 0.3 is 0 Å². The molecular weight excluding hydrogens is 737 g/mol. The highest BCUT2D eigenvalue weighted by Crippen LogP contribution is 2.62. The van der Waals surface area contributed by atoms with Gasteiger partial charge in [0.15, 0.2) is 0 Å². The molecule has 0 amide bonds. The second-order valence-electron chi connectivity index (χ2n) is 22.6. The van der Waals surface area contributed by atoms with E-state index in [1.165, 1.54) is 74.5 Å². The van der Waals surface area contributed by atoms with E-state index in [1.807, 2.05) is 0 Å². The van der Waals surface area contributed by atoms with Gasteiger partial charge in [0, 0.05) is 21.6 Å². The van der Waals surface area contributed by atoms with Gasteiger partial charge in [0.2, 0.25) is 0 Å². The Hall–Kier alpha value is -3.50. The summed E-state index contributed by atoms with van der Waals surface area (Å²) in [5, 5.41) is 9.95. The number of dihydropyridines is 1. The van der Waals surface area contributed by atoms with E-state index < -0.39 is 7.92 Å². The van der Waals surface area contributed by atoms with E-state index in [2.05, 4.69) is 226 Å². The summed E-state index contributed by atoms with van der Waals surface area (Å²) in [6, 6.07) is 32.5. The van der Waals surface area contributed by atoms with E-state index in [4.69, 9.17) is 0 Å². The largest absolute Gasteiger partial charge is 0.354 e. The smallest absolute Gasteiger partial charge is 0.0510 e. The number of allylic oxidation sites excluding steroid dienone is 4. The van der Waals surface area contributed by atoms with Gasteiger partial charge < -0.3 is 5.32 Å². The summed E-state index contributed by atoms with van der Waals surface area (Å²) >= 11 is 0. The van der Waals surface area contributed by atoms with Crippen LogP contribution in [-0.2, 0) is 32.5 Å². The number of hydrogen-bond donors (Lipinski definition) is 1. The lowest BCUT2D eigenvalue weighted by Gasteiger charge is -2.33.